The summed E-state index contributed by atoms with van der Waals surface area (Å²) >= 11 is 0. The average Bonchev–Trinajstić information content (AvgIpc) is 3.57. The number of hydrogen-bond donors (Lipinski definition) is 1. The highest BCUT2D eigenvalue weighted by Gasteiger charge is 2.55. The predicted octanol–water partition coefficient (Wildman–Crippen LogP) is 7.99. The Bertz CT molecular complexity index is 1680. The van der Waals surface area contributed by atoms with Crippen LogP contribution in [0.4, 0.5) is 22.4 Å². The fourth-order valence-electron chi connectivity index (χ4n) is 6.72. The Balaban J connectivity index is 1.17. The van der Waals surface area contributed by atoms with E-state index in [2.05, 4.69) is 20.4 Å². The molecule has 47 heavy (non-hydrogen) atoms. The molecule has 0 radical (unpaired) electrons. The molecular weight excluding hydrogens is 618 g/mol. The number of benzene rings is 1. The summed E-state index contributed by atoms with van der Waals surface area (Å²) in [5.74, 6) is 0.546. The number of nitrogens with one attached hydrogen (secondary N) is 1. The lowest BCUT2D eigenvalue weighted by Gasteiger charge is -2.52. The normalized spacial score (nSPS) is 23.6. The van der Waals surface area contributed by atoms with Gasteiger partial charge in [-0.05, 0) is 114 Å². The van der Waals surface area contributed by atoms with E-state index >= 15 is 0 Å². The Hall–Kier alpha value is -4.21. The molecule has 4 saturated carbocycles. The van der Waals surface area contributed by atoms with Gasteiger partial charge in [0.25, 0.3) is 5.89 Å². The summed E-state index contributed by atoms with van der Waals surface area (Å²) in [6.07, 6.45) is 1.07. The van der Waals surface area contributed by atoms with Gasteiger partial charge in [-0.2, -0.15) is 23.4 Å². The summed E-state index contributed by atoms with van der Waals surface area (Å²) in [6.45, 7) is 5.52. The summed E-state index contributed by atoms with van der Waals surface area (Å²) in [4.78, 5) is 21.6. The third-order valence-corrected chi connectivity index (χ3v) is 10.2. The van der Waals surface area contributed by atoms with E-state index in [-0.39, 0.29) is 34.4 Å². The van der Waals surface area contributed by atoms with Crippen molar-refractivity contribution in [1.29, 1.82) is 5.26 Å². The number of aromatic nitrogens is 3. The van der Waals surface area contributed by atoms with E-state index in [1.165, 1.54) is 12.3 Å². The molecule has 0 saturated heterocycles. The number of pyridine rings is 1. The van der Waals surface area contributed by atoms with E-state index in [0.717, 1.165) is 52.4 Å². The molecule has 0 spiro atoms. The molecule has 0 unspecified atom stereocenters. The number of amides is 1. The number of halogens is 4. The van der Waals surface area contributed by atoms with E-state index < -0.39 is 34.8 Å². The van der Waals surface area contributed by atoms with Gasteiger partial charge in [-0.15, -0.1) is 0 Å². The van der Waals surface area contributed by atoms with Crippen LogP contribution in [0, 0.1) is 16.7 Å². The first-order chi connectivity index (χ1) is 22.0. The molecule has 0 atom stereocenters. The van der Waals surface area contributed by atoms with Crippen LogP contribution in [0.15, 0.2) is 41.1 Å². The topological polar surface area (TPSA) is 123 Å². The summed E-state index contributed by atoms with van der Waals surface area (Å²) in [7, 11) is 0. The highest BCUT2D eigenvalue weighted by Crippen LogP contribution is 2.58. The molecule has 4 fully saturated rings. The third kappa shape index (κ3) is 6.14. The second kappa shape index (κ2) is 11.2. The number of ether oxygens (including phenoxy) is 2. The highest BCUT2D eigenvalue weighted by molar-refractivity contribution is 5.75. The first kappa shape index (κ1) is 32.7. The SMILES string of the molecule is CC(C)(C#N)Oc1ccc(-c2ccnc(OC(=O)NCC34CCC(c5noc(C6(F)CC6)n5)(CC3)CC4)c2C(C)(C)C(F)(F)F)cc1. The second-order valence-electron chi connectivity index (χ2n) is 14.3. The molecule has 13 heteroatoms. The molecule has 3 aromatic rings. The Morgan fingerprint density at radius 1 is 1.00 bits per heavy atom. The Kier molecular flexibility index (Phi) is 7.80. The number of fused-ring (bicyclic) bond motifs is 3. The molecular formula is C34H37F4N5O4. The summed E-state index contributed by atoms with van der Waals surface area (Å²) < 4.78 is 74.3. The van der Waals surface area contributed by atoms with Crippen LogP contribution in [0.2, 0.25) is 0 Å². The summed E-state index contributed by atoms with van der Waals surface area (Å²) in [5.41, 5.74) is -5.18. The quantitative estimate of drug-likeness (QED) is 0.230. The van der Waals surface area contributed by atoms with Crippen LogP contribution in [-0.4, -0.2) is 39.5 Å². The van der Waals surface area contributed by atoms with E-state index in [9.17, 15) is 27.6 Å². The smallest absolute Gasteiger partial charge is 0.413 e. The monoisotopic (exact) mass is 655 g/mol. The number of hydrogen-bond acceptors (Lipinski definition) is 8. The van der Waals surface area contributed by atoms with Crippen molar-refractivity contribution < 1.29 is 36.4 Å². The van der Waals surface area contributed by atoms with Gasteiger partial charge in [-0.3, -0.25) is 0 Å². The first-order valence-corrected chi connectivity index (χ1v) is 15.8. The van der Waals surface area contributed by atoms with Gasteiger partial charge in [0.1, 0.15) is 11.8 Å². The van der Waals surface area contributed by atoms with E-state index in [1.807, 2.05) is 6.07 Å². The van der Waals surface area contributed by atoms with Crippen molar-refractivity contribution in [3.05, 3.63) is 53.8 Å². The van der Waals surface area contributed by atoms with Gasteiger partial charge in [-0.1, -0.05) is 17.3 Å². The fraction of sp³-hybridized carbons (Fsp3) is 0.559. The van der Waals surface area contributed by atoms with Gasteiger partial charge in [0.2, 0.25) is 5.88 Å². The molecule has 1 aromatic carbocycles. The fourth-order valence-corrected chi connectivity index (χ4v) is 6.72. The molecule has 2 bridgehead atoms. The molecule has 2 aromatic heterocycles. The minimum Gasteiger partial charge on any atom is -0.473 e. The van der Waals surface area contributed by atoms with E-state index in [1.54, 1.807) is 38.1 Å². The van der Waals surface area contributed by atoms with Gasteiger partial charge >= 0.3 is 12.3 Å². The summed E-state index contributed by atoms with van der Waals surface area (Å²) in [6, 6.07) is 9.78. The van der Waals surface area contributed by atoms with Gasteiger partial charge in [0.15, 0.2) is 17.1 Å². The number of carbonyl (C=O) groups is 1. The van der Waals surface area contributed by atoms with Gasteiger partial charge in [0.05, 0.1) is 5.41 Å². The zero-order valence-corrected chi connectivity index (χ0v) is 26.8. The van der Waals surface area contributed by atoms with Crippen molar-refractivity contribution in [3.63, 3.8) is 0 Å². The molecule has 9 nitrogen and oxygen atoms in total. The molecule has 1 amide bonds. The molecule has 0 aliphatic heterocycles. The van der Waals surface area contributed by atoms with Crippen LogP contribution >= 0.6 is 0 Å². The van der Waals surface area contributed by atoms with Crippen molar-refractivity contribution in [2.45, 2.75) is 107 Å². The lowest BCUT2D eigenvalue weighted by molar-refractivity contribution is -0.180. The van der Waals surface area contributed by atoms with Crippen molar-refractivity contribution in [2.75, 3.05) is 6.54 Å². The van der Waals surface area contributed by atoms with Crippen molar-refractivity contribution in [2.24, 2.45) is 5.41 Å². The molecule has 250 valence electrons. The van der Waals surface area contributed by atoms with Gasteiger partial charge < -0.3 is 19.3 Å². The number of nitrogens with zero attached hydrogens (tertiary/aromatic N) is 4. The Labute approximate surface area is 270 Å². The van der Waals surface area contributed by atoms with Crippen LogP contribution in [0.25, 0.3) is 11.1 Å². The minimum atomic E-state index is -4.70. The van der Waals surface area contributed by atoms with E-state index in [0.29, 0.717) is 30.0 Å². The maximum absolute atomic E-state index is 14.5. The predicted molar refractivity (Wildman–Crippen MR) is 161 cm³/mol. The molecule has 2 heterocycles. The number of carbonyl (C=O) groups excluding carboxylic acids is 1. The zero-order chi connectivity index (χ0) is 33.9. The van der Waals surface area contributed by atoms with Crippen LogP contribution in [-0.2, 0) is 16.5 Å². The van der Waals surface area contributed by atoms with Gasteiger partial charge in [0, 0.05) is 23.7 Å². The Morgan fingerprint density at radius 2 is 1.64 bits per heavy atom. The largest absolute Gasteiger partial charge is 0.473 e. The molecule has 7 rings (SSSR count). The third-order valence-electron chi connectivity index (χ3n) is 10.2. The highest BCUT2D eigenvalue weighted by atomic mass is 19.4. The first-order valence-electron chi connectivity index (χ1n) is 15.8. The van der Waals surface area contributed by atoms with Crippen LogP contribution < -0.4 is 14.8 Å². The number of alkyl halides is 4. The maximum Gasteiger partial charge on any atom is 0.413 e. The van der Waals surface area contributed by atoms with Crippen molar-refractivity contribution >= 4 is 6.09 Å². The average molecular weight is 656 g/mol. The van der Waals surface area contributed by atoms with Crippen molar-refractivity contribution in [3.8, 4) is 28.8 Å². The second-order valence-corrected chi connectivity index (χ2v) is 14.3. The Morgan fingerprint density at radius 3 is 2.21 bits per heavy atom. The van der Waals surface area contributed by atoms with E-state index in [4.69, 9.17) is 14.0 Å². The van der Waals surface area contributed by atoms with Crippen LogP contribution in [0.1, 0.15) is 96.3 Å². The van der Waals surface area contributed by atoms with Crippen molar-refractivity contribution in [1.82, 2.24) is 20.4 Å². The lowest BCUT2D eigenvalue weighted by atomic mass is 9.53. The lowest BCUT2D eigenvalue weighted by Crippen LogP contribution is -2.50. The molecule has 4 aliphatic carbocycles. The van der Waals surface area contributed by atoms with Crippen LogP contribution in [0.3, 0.4) is 0 Å². The zero-order valence-electron chi connectivity index (χ0n) is 26.8. The standard InChI is InChI=1S/C34H37F4N5O4/c1-29(2,19-39)46-22-7-5-21(6-8-22)23-9-18-40-25(24(23)30(3,4)34(36,37)38)45-28(44)41-20-31-10-13-32(14-11-31,15-12-31)26-42-27(47-43-26)33(35)16-17-33/h5-9,18H,10-17,20H2,1-4H3,(H,41,44). The number of nitriles is 1. The maximum atomic E-state index is 14.5. The number of rotatable bonds is 9. The minimum absolute atomic E-state index is 0.0603. The van der Waals surface area contributed by atoms with Crippen LogP contribution in [0.5, 0.6) is 11.6 Å². The molecule has 1 N–H and O–H groups in total. The molecule has 4 aliphatic rings. The summed E-state index contributed by atoms with van der Waals surface area (Å²) in [5, 5.41) is 16.2. The van der Waals surface area contributed by atoms with Gasteiger partial charge in [-0.25, -0.2) is 14.2 Å².